The Hall–Kier alpha value is -6.04. The second-order valence-corrected chi connectivity index (χ2v) is 13.4. The molecule has 5 heteroatoms. The van der Waals surface area contributed by atoms with Crippen LogP contribution in [-0.4, -0.2) is 15.0 Å². The standard InChI is InChI=1S/C46H33N3OS/c1-29-14-8-9-19-33(29)43-37(22-13-25-41(43)51)36-21-12-23-38(42(36)32-26-27-35-34-20-10-11-24-39(34)50-40(35)28-32)46-48-44(30-15-4-2-5-16-30)47-45(49-46)31-17-6-3-7-18-31/h2-6,8-17,19-28,51H,7,18H2,1H3. The quantitative estimate of drug-likeness (QED) is 0.178. The van der Waals surface area contributed by atoms with E-state index in [1.165, 1.54) is 5.56 Å². The molecular weight excluding hydrogens is 643 g/mol. The second kappa shape index (κ2) is 13.0. The number of hydrogen-bond acceptors (Lipinski definition) is 5. The van der Waals surface area contributed by atoms with Gasteiger partial charge in [-0.3, -0.25) is 0 Å². The van der Waals surface area contributed by atoms with Crippen molar-refractivity contribution in [1.82, 2.24) is 15.0 Å². The zero-order valence-corrected chi connectivity index (χ0v) is 28.9. The number of aromatic nitrogens is 3. The molecule has 8 aromatic rings. The number of rotatable bonds is 6. The highest BCUT2D eigenvalue weighted by molar-refractivity contribution is 7.80. The van der Waals surface area contributed by atoms with Gasteiger partial charge in [-0.1, -0.05) is 127 Å². The van der Waals surface area contributed by atoms with Gasteiger partial charge < -0.3 is 4.42 Å². The largest absolute Gasteiger partial charge is 0.456 e. The van der Waals surface area contributed by atoms with Crippen LogP contribution >= 0.6 is 12.6 Å². The second-order valence-electron chi connectivity index (χ2n) is 12.9. The van der Waals surface area contributed by atoms with Gasteiger partial charge in [-0.25, -0.2) is 15.0 Å². The molecule has 0 N–H and O–H groups in total. The van der Waals surface area contributed by atoms with Crippen LogP contribution in [0.5, 0.6) is 0 Å². The van der Waals surface area contributed by atoms with Gasteiger partial charge in [0.15, 0.2) is 17.5 Å². The van der Waals surface area contributed by atoms with Crippen molar-refractivity contribution in [2.24, 2.45) is 0 Å². The monoisotopic (exact) mass is 675 g/mol. The molecule has 0 saturated heterocycles. The minimum Gasteiger partial charge on any atom is -0.456 e. The Kier molecular flexibility index (Phi) is 7.90. The zero-order valence-electron chi connectivity index (χ0n) is 28.0. The topological polar surface area (TPSA) is 51.8 Å². The van der Waals surface area contributed by atoms with Gasteiger partial charge in [0.2, 0.25) is 0 Å². The van der Waals surface area contributed by atoms with Crippen LogP contribution in [0, 0.1) is 6.92 Å². The maximum atomic E-state index is 6.44. The molecule has 2 aromatic heterocycles. The first-order chi connectivity index (χ1) is 25.1. The Morgan fingerprint density at radius 2 is 1.24 bits per heavy atom. The van der Waals surface area contributed by atoms with E-state index in [2.05, 4.69) is 128 Å². The van der Waals surface area contributed by atoms with Gasteiger partial charge in [0.25, 0.3) is 0 Å². The number of fused-ring (bicyclic) bond motifs is 3. The van der Waals surface area contributed by atoms with Gasteiger partial charge in [0.05, 0.1) is 0 Å². The highest BCUT2D eigenvalue weighted by Crippen LogP contribution is 2.46. The fraction of sp³-hybridized carbons (Fsp3) is 0.0652. The van der Waals surface area contributed by atoms with Crippen LogP contribution in [-0.2, 0) is 0 Å². The average molecular weight is 676 g/mol. The van der Waals surface area contributed by atoms with Crippen LogP contribution in [0.1, 0.15) is 24.2 Å². The molecule has 0 saturated carbocycles. The van der Waals surface area contributed by atoms with Crippen molar-refractivity contribution < 1.29 is 4.42 Å². The number of allylic oxidation sites excluding steroid dienone is 4. The normalized spacial score (nSPS) is 12.8. The maximum absolute atomic E-state index is 6.44. The summed E-state index contributed by atoms with van der Waals surface area (Å²) in [4.78, 5) is 16.4. The molecule has 2 heterocycles. The predicted octanol–water partition coefficient (Wildman–Crippen LogP) is 12.4. The third kappa shape index (κ3) is 5.66. The fourth-order valence-corrected chi connectivity index (χ4v) is 7.53. The molecule has 4 nitrogen and oxygen atoms in total. The third-order valence-corrected chi connectivity index (χ3v) is 10.1. The van der Waals surface area contributed by atoms with E-state index in [1.54, 1.807) is 0 Å². The SMILES string of the molecule is Cc1ccccc1-c1c(S)cccc1-c1cccc(-c2nc(C3=CC=CCC3)nc(-c3ccccc3)n2)c1-c1ccc2c(c1)oc1ccccc12. The van der Waals surface area contributed by atoms with E-state index in [1.807, 2.05) is 30.3 Å². The van der Waals surface area contributed by atoms with E-state index < -0.39 is 0 Å². The molecule has 0 atom stereocenters. The molecule has 1 aliphatic rings. The first-order valence-electron chi connectivity index (χ1n) is 17.2. The van der Waals surface area contributed by atoms with E-state index in [0.717, 1.165) is 89.8 Å². The van der Waals surface area contributed by atoms with Gasteiger partial charge >= 0.3 is 0 Å². The molecule has 0 bridgehead atoms. The number of thiol groups is 1. The van der Waals surface area contributed by atoms with Crippen molar-refractivity contribution in [2.75, 3.05) is 0 Å². The molecular formula is C46H33N3OS. The molecule has 0 unspecified atom stereocenters. The molecule has 9 rings (SSSR count). The van der Waals surface area contributed by atoms with Gasteiger partial charge in [0, 0.05) is 37.9 Å². The van der Waals surface area contributed by atoms with Crippen molar-refractivity contribution in [2.45, 2.75) is 24.7 Å². The highest BCUT2D eigenvalue weighted by atomic mass is 32.1. The van der Waals surface area contributed by atoms with Crippen LogP contribution in [0.15, 0.2) is 161 Å². The Balaban J connectivity index is 1.35. The molecule has 6 aromatic carbocycles. The smallest absolute Gasteiger partial charge is 0.164 e. The summed E-state index contributed by atoms with van der Waals surface area (Å²) in [5.41, 5.74) is 12.2. The predicted molar refractivity (Wildman–Crippen MR) is 213 cm³/mol. The van der Waals surface area contributed by atoms with Crippen LogP contribution in [0.25, 0.3) is 83.7 Å². The molecule has 51 heavy (non-hydrogen) atoms. The highest BCUT2D eigenvalue weighted by Gasteiger charge is 2.23. The van der Waals surface area contributed by atoms with Crippen LogP contribution in [0.2, 0.25) is 0 Å². The number of aryl methyl sites for hydroxylation is 1. The summed E-state index contributed by atoms with van der Waals surface area (Å²) in [6.45, 7) is 2.15. The summed E-state index contributed by atoms with van der Waals surface area (Å²) in [5, 5.41) is 2.18. The molecule has 0 radical (unpaired) electrons. The molecule has 0 fully saturated rings. The number of hydrogen-bond donors (Lipinski definition) is 1. The lowest BCUT2D eigenvalue weighted by Gasteiger charge is -2.20. The molecule has 1 aliphatic carbocycles. The lowest BCUT2D eigenvalue weighted by molar-refractivity contribution is 0.669. The number of para-hydroxylation sites is 1. The maximum Gasteiger partial charge on any atom is 0.164 e. The summed E-state index contributed by atoms with van der Waals surface area (Å²) in [6, 6.07) is 46.1. The minimum atomic E-state index is 0.621. The Bertz CT molecular complexity index is 2670. The van der Waals surface area contributed by atoms with E-state index in [0.29, 0.717) is 17.5 Å². The average Bonchev–Trinajstić information content (AvgIpc) is 3.56. The van der Waals surface area contributed by atoms with Crippen LogP contribution < -0.4 is 0 Å². The molecule has 0 aliphatic heterocycles. The Morgan fingerprint density at radius 1 is 0.549 bits per heavy atom. The number of benzene rings is 6. The first-order valence-corrected chi connectivity index (χ1v) is 17.7. The van der Waals surface area contributed by atoms with Crippen molar-refractivity contribution in [1.29, 1.82) is 0 Å². The van der Waals surface area contributed by atoms with E-state index in [4.69, 9.17) is 32.0 Å². The van der Waals surface area contributed by atoms with Gasteiger partial charge in [-0.2, -0.15) is 0 Å². The summed E-state index contributed by atoms with van der Waals surface area (Å²) in [5.74, 6) is 1.97. The summed E-state index contributed by atoms with van der Waals surface area (Å²) in [6.07, 6.45) is 8.22. The zero-order chi connectivity index (χ0) is 34.3. The van der Waals surface area contributed by atoms with Gasteiger partial charge in [-0.15, -0.1) is 12.6 Å². The molecule has 0 amide bonds. The summed E-state index contributed by atoms with van der Waals surface area (Å²) in [7, 11) is 0. The summed E-state index contributed by atoms with van der Waals surface area (Å²) >= 11 is 5.04. The van der Waals surface area contributed by atoms with Gasteiger partial charge in [-0.05, 0) is 77.4 Å². The third-order valence-electron chi connectivity index (χ3n) is 9.69. The lowest BCUT2D eigenvalue weighted by atomic mass is 9.85. The molecule has 0 spiro atoms. The molecule has 244 valence electrons. The van der Waals surface area contributed by atoms with Crippen molar-refractivity contribution in [3.8, 4) is 56.2 Å². The first kappa shape index (κ1) is 31.0. The van der Waals surface area contributed by atoms with Crippen molar-refractivity contribution in [3.63, 3.8) is 0 Å². The van der Waals surface area contributed by atoms with Crippen LogP contribution in [0.4, 0.5) is 0 Å². The van der Waals surface area contributed by atoms with E-state index in [-0.39, 0.29) is 0 Å². The van der Waals surface area contributed by atoms with Gasteiger partial charge in [0.1, 0.15) is 11.2 Å². The lowest BCUT2D eigenvalue weighted by Crippen LogP contribution is -2.05. The van der Waals surface area contributed by atoms with E-state index >= 15 is 0 Å². The Morgan fingerprint density at radius 3 is 2.08 bits per heavy atom. The van der Waals surface area contributed by atoms with Crippen molar-refractivity contribution >= 4 is 40.1 Å². The van der Waals surface area contributed by atoms with E-state index in [9.17, 15) is 0 Å². The summed E-state index contributed by atoms with van der Waals surface area (Å²) < 4.78 is 6.44. The Labute approximate surface area is 302 Å². The number of furan rings is 1. The van der Waals surface area contributed by atoms with Crippen LogP contribution in [0.3, 0.4) is 0 Å². The van der Waals surface area contributed by atoms with Crippen molar-refractivity contribution in [3.05, 3.63) is 163 Å². The fourth-order valence-electron chi connectivity index (χ4n) is 7.20. The minimum absolute atomic E-state index is 0.621. The number of nitrogens with zero attached hydrogens (tertiary/aromatic N) is 3.